The molecule has 0 spiro atoms. The largest absolute Gasteiger partial charge is 0.310 e. The highest BCUT2D eigenvalue weighted by Gasteiger charge is 2.44. The lowest BCUT2D eigenvalue weighted by atomic mass is 9.33. The Hall–Kier alpha value is -6.60. The van der Waals surface area contributed by atoms with Gasteiger partial charge in [-0.2, -0.15) is 0 Å². The number of hydrogen-bond acceptors (Lipinski definition) is 4. The van der Waals surface area contributed by atoms with E-state index >= 15 is 0 Å². The Kier molecular flexibility index (Phi) is 8.41. The van der Waals surface area contributed by atoms with E-state index in [1.54, 1.807) is 0 Å². The molecule has 8 aromatic carbocycles. The third-order valence-corrected chi connectivity index (χ3v) is 16.9. The lowest BCUT2D eigenvalue weighted by Crippen LogP contribution is -2.60. The highest BCUT2D eigenvalue weighted by atomic mass is 32.1. The minimum absolute atomic E-state index is 0.0251. The molecule has 0 aliphatic carbocycles. The van der Waals surface area contributed by atoms with E-state index in [0.717, 1.165) is 5.69 Å². The molecular weight excluding hydrogens is 838 g/mol. The first kappa shape index (κ1) is 39.7. The minimum atomic E-state index is -0.118. The maximum Gasteiger partial charge on any atom is 0.252 e. The zero-order valence-electron chi connectivity index (χ0n) is 38.7. The van der Waals surface area contributed by atoms with Crippen molar-refractivity contribution in [3.63, 3.8) is 0 Å². The van der Waals surface area contributed by atoms with Crippen molar-refractivity contribution in [2.45, 2.75) is 66.2 Å². The van der Waals surface area contributed by atoms with Crippen LogP contribution in [0, 0.1) is 13.8 Å². The molecule has 0 N–H and O–H groups in total. The molecule has 0 fully saturated rings. The van der Waals surface area contributed by atoms with Crippen molar-refractivity contribution in [2.24, 2.45) is 0 Å². The maximum atomic E-state index is 2.66. The van der Waals surface area contributed by atoms with Crippen molar-refractivity contribution in [3.8, 4) is 5.69 Å². The number of benzene rings is 8. The second-order valence-electron chi connectivity index (χ2n) is 20.7. The highest BCUT2D eigenvalue weighted by Crippen LogP contribution is 2.51. The SMILES string of the molecule is Cc1ccccc1N(c1ccc2c(c1)N(c1cccc3c1sc1cc(C(C)(C)C)ccc13)c1cc(C(C)(C)C)cc3c1B2c1cccc2c4sc5ccccc5c4n-3c12)c1ccccc1C. The maximum absolute atomic E-state index is 2.66. The standard InChI is InChI=1S/C60H50BN3S2/c1-35-17-9-12-23-46(35)62(47-24-13-10-18-36(47)2)39-28-30-44-49(34-39)63(48-25-16-20-41-40-29-27-37(59(3,4)5)33-53(40)66-57(41)48)50-31-38(60(6,7)8)32-51-54(50)61(44)45-22-15-21-43-55(45)64(51)56-42-19-11-14-26-52(42)65-58(43)56/h9-34H,1-8H3. The summed E-state index contributed by atoms with van der Waals surface area (Å²) < 4.78 is 8.00. The first-order valence-corrected chi connectivity index (χ1v) is 24.9. The van der Waals surface area contributed by atoms with E-state index in [0.29, 0.717) is 0 Å². The second kappa shape index (κ2) is 14.0. The van der Waals surface area contributed by atoms with Gasteiger partial charge in [0.05, 0.1) is 26.1 Å². The van der Waals surface area contributed by atoms with Gasteiger partial charge in [-0.25, -0.2) is 0 Å². The summed E-state index contributed by atoms with van der Waals surface area (Å²) >= 11 is 3.87. The molecule has 2 aliphatic rings. The number of para-hydroxylation sites is 3. The summed E-state index contributed by atoms with van der Waals surface area (Å²) in [5.41, 5.74) is 20.3. The molecule has 3 nitrogen and oxygen atoms in total. The summed E-state index contributed by atoms with van der Waals surface area (Å²) in [4.78, 5) is 5.15. The predicted octanol–water partition coefficient (Wildman–Crippen LogP) is 15.7. The third-order valence-electron chi connectivity index (χ3n) is 14.5. The molecular formula is C60H50BN3S2. The van der Waals surface area contributed by atoms with Crippen LogP contribution in [0.1, 0.15) is 63.8 Å². The van der Waals surface area contributed by atoms with Crippen LogP contribution in [0.2, 0.25) is 0 Å². The van der Waals surface area contributed by atoms with Gasteiger partial charge in [-0.15, -0.1) is 22.7 Å². The van der Waals surface area contributed by atoms with E-state index in [4.69, 9.17) is 0 Å². The molecule has 6 heteroatoms. The number of thiophene rings is 2. The molecule has 3 aromatic heterocycles. The van der Waals surface area contributed by atoms with Gasteiger partial charge < -0.3 is 14.4 Å². The van der Waals surface area contributed by atoms with Crippen LogP contribution in [0.5, 0.6) is 0 Å². The van der Waals surface area contributed by atoms with Crippen LogP contribution < -0.4 is 26.2 Å². The summed E-state index contributed by atoms with van der Waals surface area (Å²) in [6.45, 7) is 18.6. The topological polar surface area (TPSA) is 11.4 Å². The Morgan fingerprint density at radius 1 is 0.455 bits per heavy atom. The van der Waals surface area contributed by atoms with E-state index in [-0.39, 0.29) is 17.5 Å². The monoisotopic (exact) mass is 887 g/mol. The molecule has 0 amide bonds. The fourth-order valence-electron chi connectivity index (χ4n) is 11.2. The first-order chi connectivity index (χ1) is 31.8. The molecule has 320 valence electrons. The molecule has 0 saturated carbocycles. The van der Waals surface area contributed by atoms with Crippen LogP contribution in [0.25, 0.3) is 57.1 Å². The number of rotatable bonds is 4. The number of aryl methyl sites for hydroxylation is 2. The van der Waals surface area contributed by atoms with Gasteiger partial charge in [-0.05, 0) is 118 Å². The number of hydrogen-bond donors (Lipinski definition) is 0. The Morgan fingerprint density at radius 2 is 1.11 bits per heavy atom. The van der Waals surface area contributed by atoms with Crippen LogP contribution >= 0.6 is 22.7 Å². The molecule has 66 heavy (non-hydrogen) atoms. The molecule has 0 saturated heterocycles. The Labute approximate surface area is 395 Å². The van der Waals surface area contributed by atoms with Gasteiger partial charge in [0.1, 0.15) is 0 Å². The average molecular weight is 888 g/mol. The number of aromatic nitrogens is 1. The number of anilines is 6. The summed E-state index contributed by atoms with van der Waals surface area (Å²) in [6.07, 6.45) is 0. The molecule has 13 rings (SSSR count). The van der Waals surface area contributed by atoms with E-state index in [9.17, 15) is 0 Å². The number of nitrogens with zero attached hydrogens (tertiary/aromatic N) is 3. The van der Waals surface area contributed by atoms with Crippen molar-refractivity contribution in [2.75, 3.05) is 9.80 Å². The zero-order valence-corrected chi connectivity index (χ0v) is 40.4. The van der Waals surface area contributed by atoms with Gasteiger partial charge in [0, 0.05) is 65.1 Å². The van der Waals surface area contributed by atoms with Gasteiger partial charge in [-0.1, -0.05) is 145 Å². The summed E-state index contributed by atoms with van der Waals surface area (Å²) in [6, 6.07) is 60.3. The quantitative estimate of drug-likeness (QED) is 0.163. The zero-order chi connectivity index (χ0) is 45.0. The van der Waals surface area contributed by atoms with Crippen LogP contribution in [0.4, 0.5) is 34.1 Å². The Morgan fingerprint density at radius 3 is 1.85 bits per heavy atom. The van der Waals surface area contributed by atoms with Crippen LogP contribution in [0.3, 0.4) is 0 Å². The third kappa shape index (κ3) is 5.61. The van der Waals surface area contributed by atoms with Crippen LogP contribution in [-0.4, -0.2) is 11.3 Å². The van der Waals surface area contributed by atoms with Gasteiger partial charge in [0.15, 0.2) is 0 Å². The molecule has 2 aliphatic heterocycles. The molecule has 0 radical (unpaired) electrons. The minimum Gasteiger partial charge on any atom is -0.310 e. The van der Waals surface area contributed by atoms with Crippen molar-refractivity contribution in [1.29, 1.82) is 0 Å². The van der Waals surface area contributed by atoms with E-state index in [1.165, 1.54) is 124 Å². The normalized spacial score (nSPS) is 13.4. The van der Waals surface area contributed by atoms with Crippen molar-refractivity contribution in [1.82, 2.24) is 4.57 Å². The number of fused-ring (bicyclic) bond motifs is 12. The average Bonchev–Trinajstić information content (AvgIpc) is 3.98. The summed E-state index contributed by atoms with van der Waals surface area (Å²) in [5, 5.41) is 5.29. The van der Waals surface area contributed by atoms with Gasteiger partial charge in [0.25, 0.3) is 6.71 Å². The lowest BCUT2D eigenvalue weighted by Gasteiger charge is -2.42. The van der Waals surface area contributed by atoms with Crippen molar-refractivity contribution < 1.29 is 0 Å². The molecule has 0 atom stereocenters. The Bertz CT molecular complexity index is 3810. The summed E-state index contributed by atoms with van der Waals surface area (Å²) in [7, 11) is 0. The van der Waals surface area contributed by atoms with Gasteiger partial charge in [-0.3, -0.25) is 0 Å². The van der Waals surface area contributed by atoms with Gasteiger partial charge in [0.2, 0.25) is 0 Å². The second-order valence-corrected chi connectivity index (χ2v) is 22.8. The molecule has 5 heterocycles. The fraction of sp³-hybridized carbons (Fsp3) is 0.167. The summed E-state index contributed by atoms with van der Waals surface area (Å²) in [5.74, 6) is 0. The van der Waals surface area contributed by atoms with E-state index in [1.807, 2.05) is 22.7 Å². The van der Waals surface area contributed by atoms with Crippen molar-refractivity contribution in [3.05, 3.63) is 180 Å². The lowest BCUT2D eigenvalue weighted by molar-refractivity contribution is 0.590. The van der Waals surface area contributed by atoms with Crippen molar-refractivity contribution >= 4 is 131 Å². The molecule has 0 bridgehead atoms. The first-order valence-electron chi connectivity index (χ1n) is 23.3. The molecule has 11 aromatic rings. The predicted molar refractivity (Wildman–Crippen MR) is 290 cm³/mol. The Balaban J connectivity index is 1.18. The van der Waals surface area contributed by atoms with E-state index in [2.05, 4.69) is 227 Å². The van der Waals surface area contributed by atoms with E-state index < -0.39 is 0 Å². The van der Waals surface area contributed by atoms with Gasteiger partial charge >= 0.3 is 0 Å². The van der Waals surface area contributed by atoms with Crippen LogP contribution in [-0.2, 0) is 10.8 Å². The van der Waals surface area contributed by atoms with Crippen LogP contribution in [0.15, 0.2) is 158 Å². The highest BCUT2D eigenvalue weighted by molar-refractivity contribution is 7.27. The smallest absolute Gasteiger partial charge is 0.252 e. The molecule has 0 unspecified atom stereocenters. The fourth-order valence-corrected chi connectivity index (χ4v) is 13.6.